The highest BCUT2D eigenvalue weighted by atomic mass is 32.2. The first-order chi connectivity index (χ1) is 9.63. The minimum absolute atomic E-state index is 0.229. The Labute approximate surface area is 122 Å². The molecule has 0 spiro atoms. The highest BCUT2D eigenvalue weighted by Gasteiger charge is 2.07. The van der Waals surface area contributed by atoms with Gasteiger partial charge in [0.2, 0.25) is 5.89 Å². The molecule has 0 amide bonds. The molecule has 0 unspecified atom stereocenters. The van der Waals surface area contributed by atoms with E-state index in [0.717, 1.165) is 11.4 Å². The van der Waals surface area contributed by atoms with Gasteiger partial charge in [0.05, 0.1) is 12.3 Å². The first-order valence-corrected chi connectivity index (χ1v) is 7.52. The number of thioether (sulfide) groups is 1. The van der Waals surface area contributed by atoms with E-state index in [-0.39, 0.29) is 5.82 Å². The summed E-state index contributed by atoms with van der Waals surface area (Å²) in [5.41, 5.74) is 0. The molecule has 0 fully saturated rings. The maximum absolute atomic E-state index is 12.8. The van der Waals surface area contributed by atoms with Crippen molar-refractivity contribution in [3.8, 4) is 0 Å². The number of rotatable bonds is 7. The highest BCUT2D eigenvalue weighted by Crippen LogP contribution is 2.21. The summed E-state index contributed by atoms with van der Waals surface area (Å²) in [5.74, 6) is 2.22. The van der Waals surface area contributed by atoms with Gasteiger partial charge in [0.15, 0.2) is 5.82 Å². The van der Waals surface area contributed by atoms with Gasteiger partial charge in [-0.25, -0.2) is 4.39 Å². The van der Waals surface area contributed by atoms with Crippen molar-refractivity contribution in [1.82, 2.24) is 15.5 Å². The molecule has 0 radical (unpaired) electrons. The van der Waals surface area contributed by atoms with Crippen LogP contribution < -0.4 is 5.32 Å². The van der Waals surface area contributed by atoms with Crippen molar-refractivity contribution in [2.45, 2.75) is 31.0 Å². The lowest BCUT2D eigenvalue weighted by Crippen LogP contribution is -2.19. The summed E-state index contributed by atoms with van der Waals surface area (Å²) in [5, 5.41) is 7.18. The molecule has 6 heteroatoms. The van der Waals surface area contributed by atoms with E-state index < -0.39 is 0 Å². The molecule has 1 heterocycles. The largest absolute Gasteiger partial charge is 0.338 e. The van der Waals surface area contributed by atoms with Crippen molar-refractivity contribution >= 4 is 11.8 Å². The van der Waals surface area contributed by atoms with Crippen molar-refractivity contribution in [3.05, 3.63) is 41.8 Å². The van der Waals surface area contributed by atoms with Crippen molar-refractivity contribution in [3.63, 3.8) is 0 Å². The molecule has 1 N–H and O–H groups in total. The summed E-state index contributed by atoms with van der Waals surface area (Å²) in [6.07, 6.45) is 0. The van der Waals surface area contributed by atoms with Crippen molar-refractivity contribution in [1.29, 1.82) is 0 Å². The smallest absolute Gasteiger partial charge is 0.240 e. The molecule has 108 valence electrons. The Hall–Kier alpha value is -1.40. The molecule has 2 rings (SSSR count). The zero-order valence-corrected chi connectivity index (χ0v) is 12.4. The molecular weight excluding hydrogens is 277 g/mol. The van der Waals surface area contributed by atoms with Crippen LogP contribution in [0.4, 0.5) is 4.39 Å². The Morgan fingerprint density at radius 3 is 2.75 bits per heavy atom. The van der Waals surface area contributed by atoms with Gasteiger partial charge in [0.25, 0.3) is 0 Å². The molecular formula is C14H18FN3OS. The molecule has 0 aliphatic carbocycles. The summed E-state index contributed by atoms with van der Waals surface area (Å²) in [7, 11) is 0. The SMILES string of the molecule is CC(C)CNCc1nc(CSc2ccc(F)cc2)no1. The third-order valence-corrected chi connectivity index (χ3v) is 3.53. The van der Waals surface area contributed by atoms with E-state index in [0.29, 0.717) is 29.9 Å². The predicted octanol–water partition coefficient (Wildman–Crippen LogP) is 3.25. The van der Waals surface area contributed by atoms with Gasteiger partial charge in [-0.1, -0.05) is 19.0 Å². The molecule has 1 aromatic heterocycles. The second-order valence-corrected chi connectivity index (χ2v) is 5.92. The number of aromatic nitrogens is 2. The van der Waals surface area contributed by atoms with Crippen LogP contribution in [0.3, 0.4) is 0 Å². The van der Waals surface area contributed by atoms with Crippen molar-refractivity contribution in [2.75, 3.05) is 6.54 Å². The Morgan fingerprint density at radius 2 is 2.05 bits per heavy atom. The van der Waals surface area contributed by atoms with Gasteiger partial charge in [-0.15, -0.1) is 11.8 Å². The number of halogens is 1. The van der Waals surface area contributed by atoms with Crippen LogP contribution in [0.25, 0.3) is 0 Å². The third kappa shape index (κ3) is 4.94. The Balaban J connectivity index is 1.79. The average molecular weight is 295 g/mol. The Bertz CT molecular complexity index is 527. The van der Waals surface area contributed by atoms with Crippen LogP contribution >= 0.6 is 11.8 Å². The fourth-order valence-electron chi connectivity index (χ4n) is 1.57. The van der Waals surface area contributed by atoms with E-state index in [9.17, 15) is 4.39 Å². The Kier molecular flexibility index (Phi) is 5.55. The summed E-state index contributed by atoms with van der Waals surface area (Å²) >= 11 is 1.55. The van der Waals surface area contributed by atoms with Crippen LogP contribution in [0, 0.1) is 11.7 Å². The minimum atomic E-state index is -0.229. The molecule has 0 saturated carbocycles. The van der Waals surface area contributed by atoms with Crippen LogP contribution in [0.1, 0.15) is 25.6 Å². The molecule has 0 bridgehead atoms. The molecule has 0 aliphatic rings. The number of nitrogens with one attached hydrogen (secondary N) is 1. The summed E-state index contributed by atoms with van der Waals surface area (Å²) < 4.78 is 17.9. The van der Waals surface area contributed by atoms with Gasteiger partial charge < -0.3 is 9.84 Å². The standard InChI is InChI=1S/C14H18FN3OS/c1-10(2)7-16-8-14-17-13(18-19-14)9-20-12-5-3-11(15)4-6-12/h3-6,10,16H,7-9H2,1-2H3. The molecule has 0 aliphatic heterocycles. The fraction of sp³-hybridized carbons (Fsp3) is 0.429. The van der Waals surface area contributed by atoms with Gasteiger partial charge in [0, 0.05) is 4.90 Å². The topological polar surface area (TPSA) is 51.0 Å². The maximum Gasteiger partial charge on any atom is 0.240 e. The maximum atomic E-state index is 12.8. The zero-order valence-electron chi connectivity index (χ0n) is 11.6. The summed E-state index contributed by atoms with van der Waals surface area (Å²) in [6.45, 7) is 5.80. The summed E-state index contributed by atoms with van der Waals surface area (Å²) in [4.78, 5) is 5.29. The number of hydrogen-bond acceptors (Lipinski definition) is 5. The van der Waals surface area contributed by atoms with E-state index in [2.05, 4.69) is 29.3 Å². The van der Waals surface area contributed by atoms with Crippen LogP contribution in [-0.4, -0.2) is 16.7 Å². The van der Waals surface area contributed by atoms with Gasteiger partial charge in [-0.05, 0) is 36.7 Å². The quantitative estimate of drug-likeness (QED) is 0.795. The van der Waals surface area contributed by atoms with Crippen LogP contribution in [0.5, 0.6) is 0 Å². The Morgan fingerprint density at radius 1 is 1.30 bits per heavy atom. The monoisotopic (exact) mass is 295 g/mol. The lowest BCUT2D eigenvalue weighted by atomic mass is 10.2. The molecule has 0 atom stereocenters. The minimum Gasteiger partial charge on any atom is -0.338 e. The fourth-order valence-corrected chi connectivity index (χ4v) is 2.31. The van der Waals surface area contributed by atoms with E-state index >= 15 is 0 Å². The molecule has 1 aromatic carbocycles. The number of hydrogen-bond donors (Lipinski definition) is 1. The first-order valence-electron chi connectivity index (χ1n) is 6.54. The van der Waals surface area contributed by atoms with Gasteiger partial charge >= 0.3 is 0 Å². The van der Waals surface area contributed by atoms with E-state index in [4.69, 9.17) is 4.52 Å². The van der Waals surface area contributed by atoms with E-state index in [1.54, 1.807) is 23.9 Å². The highest BCUT2D eigenvalue weighted by molar-refractivity contribution is 7.98. The van der Waals surface area contributed by atoms with E-state index in [1.807, 2.05) is 0 Å². The molecule has 2 aromatic rings. The molecule has 0 saturated heterocycles. The van der Waals surface area contributed by atoms with Crippen molar-refractivity contribution in [2.24, 2.45) is 5.92 Å². The number of nitrogens with zero attached hydrogens (tertiary/aromatic N) is 2. The zero-order chi connectivity index (χ0) is 14.4. The van der Waals surface area contributed by atoms with Gasteiger partial charge in [-0.3, -0.25) is 0 Å². The van der Waals surface area contributed by atoms with Gasteiger partial charge in [-0.2, -0.15) is 4.98 Å². The number of benzene rings is 1. The third-order valence-electron chi connectivity index (χ3n) is 2.52. The summed E-state index contributed by atoms with van der Waals surface area (Å²) in [6, 6.07) is 6.37. The van der Waals surface area contributed by atoms with Crippen LogP contribution in [0.2, 0.25) is 0 Å². The predicted molar refractivity (Wildman–Crippen MR) is 76.8 cm³/mol. The van der Waals surface area contributed by atoms with E-state index in [1.165, 1.54) is 12.1 Å². The van der Waals surface area contributed by atoms with Crippen molar-refractivity contribution < 1.29 is 8.91 Å². The molecule has 20 heavy (non-hydrogen) atoms. The van der Waals surface area contributed by atoms with Crippen LogP contribution in [0.15, 0.2) is 33.7 Å². The second-order valence-electron chi connectivity index (χ2n) is 4.87. The lowest BCUT2D eigenvalue weighted by Gasteiger charge is -2.03. The van der Waals surface area contributed by atoms with Gasteiger partial charge in [0.1, 0.15) is 5.82 Å². The second kappa shape index (κ2) is 7.40. The molecule has 4 nitrogen and oxygen atoms in total. The van der Waals surface area contributed by atoms with Crippen LogP contribution in [-0.2, 0) is 12.3 Å². The lowest BCUT2D eigenvalue weighted by molar-refractivity contribution is 0.360. The average Bonchev–Trinajstić information content (AvgIpc) is 2.86. The normalized spacial score (nSPS) is 11.2. The first kappa shape index (κ1) is 15.0.